The van der Waals surface area contributed by atoms with Gasteiger partial charge < -0.3 is 10.1 Å². The molecule has 1 rings (SSSR count). The number of benzene rings is 1. The smallest absolute Gasteiger partial charge is 0.223 e. The highest BCUT2D eigenvalue weighted by Gasteiger charge is 2.03. The summed E-state index contributed by atoms with van der Waals surface area (Å²) in [5.41, 5.74) is 0. The van der Waals surface area contributed by atoms with Crippen LogP contribution in [0.15, 0.2) is 28.7 Å². The summed E-state index contributed by atoms with van der Waals surface area (Å²) in [7, 11) is 0. The first-order valence-electron chi connectivity index (χ1n) is 5.25. The number of rotatable bonds is 5. The van der Waals surface area contributed by atoms with Crippen LogP contribution >= 0.6 is 15.9 Å². The van der Waals surface area contributed by atoms with Gasteiger partial charge in [0, 0.05) is 10.5 Å². The van der Waals surface area contributed by atoms with Gasteiger partial charge in [-0.15, -0.1) is 0 Å². The van der Waals surface area contributed by atoms with Crippen LogP contribution in [-0.2, 0) is 4.79 Å². The van der Waals surface area contributed by atoms with Gasteiger partial charge in [-0.05, 0) is 38.1 Å². The molecule has 4 heteroatoms. The summed E-state index contributed by atoms with van der Waals surface area (Å²) in [6.07, 6.45) is 0.383. The lowest BCUT2D eigenvalue weighted by Gasteiger charge is -2.09. The van der Waals surface area contributed by atoms with E-state index in [9.17, 15) is 4.79 Å². The molecule has 0 fully saturated rings. The Morgan fingerprint density at radius 2 is 2.00 bits per heavy atom. The molecule has 0 aliphatic rings. The first kappa shape index (κ1) is 13.0. The normalized spacial score (nSPS) is 10.2. The van der Waals surface area contributed by atoms with Gasteiger partial charge in [-0.1, -0.05) is 15.9 Å². The Balaban J connectivity index is 2.25. The summed E-state index contributed by atoms with van der Waals surface area (Å²) < 4.78 is 6.44. The van der Waals surface area contributed by atoms with E-state index in [1.165, 1.54) is 0 Å². The molecule has 1 aromatic rings. The second-order valence-electron chi connectivity index (χ2n) is 3.77. The van der Waals surface area contributed by atoms with E-state index in [1.807, 2.05) is 38.1 Å². The van der Waals surface area contributed by atoms with Gasteiger partial charge in [-0.3, -0.25) is 4.79 Å². The fraction of sp³-hybridized carbons (Fsp3) is 0.417. The minimum atomic E-state index is 0.0205. The standard InChI is InChI=1S/C12H16BrNO2/c1-9(2)14-12(15)7-8-16-11-5-3-10(13)4-6-11/h3-6,9H,7-8H2,1-2H3,(H,14,15). The molecular weight excluding hydrogens is 270 g/mol. The molecule has 1 amide bonds. The SMILES string of the molecule is CC(C)NC(=O)CCOc1ccc(Br)cc1. The molecule has 0 saturated carbocycles. The highest BCUT2D eigenvalue weighted by molar-refractivity contribution is 9.10. The molecule has 88 valence electrons. The van der Waals surface area contributed by atoms with Gasteiger partial charge in [-0.25, -0.2) is 0 Å². The van der Waals surface area contributed by atoms with E-state index in [-0.39, 0.29) is 11.9 Å². The number of nitrogens with one attached hydrogen (secondary N) is 1. The lowest BCUT2D eigenvalue weighted by molar-refractivity contribution is -0.122. The Bertz CT molecular complexity index is 335. The molecule has 0 aromatic heterocycles. The third kappa shape index (κ3) is 5.16. The van der Waals surface area contributed by atoms with Crippen LogP contribution in [0.2, 0.25) is 0 Å². The van der Waals surface area contributed by atoms with Crippen LogP contribution in [-0.4, -0.2) is 18.6 Å². The zero-order valence-corrected chi connectivity index (χ0v) is 11.1. The summed E-state index contributed by atoms with van der Waals surface area (Å²) >= 11 is 3.34. The van der Waals surface area contributed by atoms with Gasteiger partial charge >= 0.3 is 0 Å². The lowest BCUT2D eigenvalue weighted by atomic mass is 10.3. The zero-order chi connectivity index (χ0) is 12.0. The van der Waals surface area contributed by atoms with Crippen LogP contribution in [0.3, 0.4) is 0 Å². The number of hydrogen-bond acceptors (Lipinski definition) is 2. The molecule has 0 unspecified atom stereocenters. The average molecular weight is 286 g/mol. The number of hydrogen-bond donors (Lipinski definition) is 1. The quantitative estimate of drug-likeness (QED) is 0.903. The van der Waals surface area contributed by atoms with E-state index in [2.05, 4.69) is 21.2 Å². The third-order valence-electron chi connectivity index (χ3n) is 1.86. The second kappa shape index (κ2) is 6.53. The lowest BCUT2D eigenvalue weighted by Crippen LogP contribution is -2.31. The number of carbonyl (C=O) groups is 1. The summed E-state index contributed by atoms with van der Waals surface area (Å²) in [6.45, 7) is 4.28. The van der Waals surface area contributed by atoms with E-state index < -0.39 is 0 Å². The maximum absolute atomic E-state index is 11.3. The largest absolute Gasteiger partial charge is 0.493 e. The average Bonchev–Trinajstić information content (AvgIpc) is 2.20. The first-order chi connectivity index (χ1) is 7.58. The summed E-state index contributed by atoms with van der Waals surface area (Å²) in [4.78, 5) is 11.3. The van der Waals surface area contributed by atoms with Crippen molar-refractivity contribution in [1.29, 1.82) is 0 Å². The Labute approximate surface area is 104 Å². The predicted molar refractivity (Wildman–Crippen MR) is 67.5 cm³/mol. The van der Waals surface area contributed by atoms with Crippen LogP contribution < -0.4 is 10.1 Å². The van der Waals surface area contributed by atoms with E-state index in [0.717, 1.165) is 10.2 Å². The van der Waals surface area contributed by atoms with Crippen molar-refractivity contribution < 1.29 is 9.53 Å². The molecule has 16 heavy (non-hydrogen) atoms. The van der Waals surface area contributed by atoms with Crippen molar-refractivity contribution in [3.8, 4) is 5.75 Å². The van der Waals surface area contributed by atoms with E-state index >= 15 is 0 Å². The number of halogens is 1. The van der Waals surface area contributed by atoms with Gasteiger partial charge in [-0.2, -0.15) is 0 Å². The Hall–Kier alpha value is -1.03. The zero-order valence-electron chi connectivity index (χ0n) is 9.50. The van der Waals surface area contributed by atoms with Gasteiger partial charge in [0.1, 0.15) is 5.75 Å². The van der Waals surface area contributed by atoms with Gasteiger partial charge in [0.15, 0.2) is 0 Å². The fourth-order valence-electron chi connectivity index (χ4n) is 1.19. The van der Waals surface area contributed by atoms with Crippen molar-refractivity contribution in [2.45, 2.75) is 26.3 Å². The van der Waals surface area contributed by atoms with E-state index in [1.54, 1.807) is 0 Å². The fourth-order valence-corrected chi connectivity index (χ4v) is 1.45. The molecule has 0 radical (unpaired) electrons. The van der Waals surface area contributed by atoms with Crippen molar-refractivity contribution in [2.24, 2.45) is 0 Å². The molecule has 0 aliphatic carbocycles. The maximum Gasteiger partial charge on any atom is 0.223 e. The summed E-state index contributed by atoms with van der Waals surface area (Å²) in [6, 6.07) is 7.72. The minimum absolute atomic E-state index is 0.0205. The van der Waals surface area contributed by atoms with E-state index in [0.29, 0.717) is 13.0 Å². The molecule has 0 spiro atoms. The third-order valence-corrected chi connectivity index (χ3v) is 2.39. The van der Waals surface area contributed by atoms with Gasteiger partial charge in [0.05, 0.1) is 13.0 Å². The molecular formula is C12H16BrNO2. The van der Waals surface area contributed by atoms with Crippen LogP contribution in [0.4, 0.5) is 0 Å². The van der Waals surface area contributed by atoms with Crippen molar-refractivity contribution in [3.63, 3.8) is 0 Å². The van der Waals surface area contributed by atoms with Crippen LogP contribution in [0.5, 0.6) is 5.75 Å². The summed E-state index contributed by atoms with van der Waals surface area (Å²) in [5.74, 6) is 0.799. The molecule has 0 heterocycles. The van der Waals surface area contributed by atoms with Gasteiger partial charge in [0.2, 0.25) is 5.91 Å². The van der Waals surface area contributed by atoms with Crippen molar-refractivity contribution in [2.75, 3.05) is 6.61 Å². The maximum atomic E-state index is 11.3. The highest BCUT2D eigenvalue weighted by Crippen LogP contribution is 2.16. The minimum Gasteiger partial charge on any atom is -0.493 e. The molecule has 0 atom stereocenters. The Kier molecular flexibility index (Phi) is 5.32. The number of amides is 1. The molecule has 1 N–H and O–H groups in total. The van der Waals surface area contributed by atoms with Crippen LogP contribution in [0.25, 0.3) is 0 Å². The predicted octanol–water partition coefficient (Wildman–Crippen LogP) is 2.74. The number of ether oxygens (including phenoxy) is 1. The topological polar surface area (TPSA) is 38.3 Å². The van der Waals surface area contributed by atoms with Crippen molar-refractivity contribution >= 4 is 21.8 Å². The molecule has 0 saturated heterocycles. The van der Waals surface area contributed by atoms with Crippen molar-refractivity contribution in [1.82, 2.24) is 5.32 Å². The molecule has 3 nitrogen and oxygen atoms in total. The molecule has 0 aliphatic heterocycles. The first-order valence-corrected chi connectivity index (χ1v) is 6.05. The Morgan fingerprint density at radius 3 is 2.56 bits per heavy atom. The monoisotopic (exact) mass is 285 g/mol. The second-order valence-corrected chi connectivity index (χ2v) is 4.69. The van der Waals surface area contributed by atoms with Crippen LogP contribution in [0.1, 0.15) is 20.3 Å². The molecule has 1 aromatic carbocycles. The number of carbonyl (C=O) groups excluding carboxylic acids is 1. The Morgan fingerprint density at radius 1 is 1.38 bits per heavy atom. The highest BCUT2D eigenvalue weighted by atomic mass is 79.9. The van der Waals surface area contributed by atoms with Gasteiger partial charge in [0.25, 0.3) is 0 Å². The van der Waals surface area contributed by atoms with E-state index in [4.69, 9.17) is 4.74 Å². The summed E-state index contributed by atoms with van der Waals surface area (Å²) in [5, 5.41) is 2.81. The van der Waals surface area contributed by atoms with Crippen LogP contribution in [0, 0.1) is 0 Å². The molecule has 0 bridgehead atoms. The van der Waals surface area contributed by atoms with Crippen molar-refractivity contribution in [3.05, 3.63) is 28.7 Å².